The smallest absolute Gasteiger partial charge is 0.262 e. The van der Waals surface area contributed by atoms with Crippen LogP contribution in [0.1, 0.15) is 45.5 Å². The highest BCUT2D eigenvalue weighted by Gasteiger charge is 2.31. The number of benzene rings is 1. The summed E-state index contributed by atoms with van der Waals surface area (Å²) >= 11 is 0. The van der Waals surface area contributed by atoms with Gasteiger partial charge < -0.3 is 10.6 Å². The number of nitrogens with two attached hydrogens (primary N) is 1. The van der Waals surface area contributed by atoms with Crippen LogP contribution in [0.15, 0.2) is 35.1 Å². The van der Waals surface area contributed by atoms with Gasteiger partial charge in [0, 0.05) is 25.6 Å². The number of carbonyl (C=O) groups is 3. The van der Waals surface area contributed by atoms with E-state index in [4.69, 9.17) is 5.73 Å². The van der Waals surface area contributed by atoms with Crippen LogP contribution in [-0.4, -0.2) is 40.3 Å². The summed E-state index contributed by atoms with van der Waals surface area (Å²) in [6.07, 6.45) is 3.20. The maximum absolute atomic E-state index is 12.4. The standard InChI is InChI=1S/C20H20N4O4/c21-18-17-14(19(27)22-20(17)28)11-16(26)24(18)13-6-3-12(4-7-13)5-8-15(25)23-9-1-2-10-23/h3-4,6-7,11H,1-2,5,8-10,21H2,(H,22,27,28). The predicted molar refractivity (Wildman–Crippen MR) is 102 cm³/mol. The van der Waals surface area contributed by atoms with Crippen LogP contribution in [0, 0.1) is 0 Å². The minimum absolute atomic E-state index is 0.000736. The summed E-state index contributed by atoms with van der Waals surface area (Å²) in [6.45, 7) is 1.68. The number of nitrogen functional groups attached to an aromatic ring is 1. The molecule has 3 amide bonds. The Bertz CT molecular complexity index is 1030. The molecular weight excluding hydrogens is 360 g/mol. The molecule has 4 rings (SSSR count). The number of nitrogens with one attached hydrogen (secondary N) is 1. The number of aryl methyl sites for hydroxylation is 1. The third-order valence-corrected chi connectivity index (χ3v) is 5.23. The number of rotatable bonds is 4. The number of anilines is 1. The van der Waals surface area contributed by atoms with E-state index in [0.717, 1.165) is 37.6 Å². The van der Waals surface area contributed by atoms with Gasteiger partial charge in [0.05, 0.1) is 16.8 Å². The first kappa shape index (κ1) is 18.0. The summed E-state index contributed by atoms with van der Waals surface area (Å²) in [5, 5.41) is 2.14. The lowest BCUT2D eigenvalue weighted by atomic mass is 10.1. The van der Waals surface area contributed by atoms with Gasteiger partial charge >= 0.3 is 0 Å². The molecule has 1 fully saturated rings. The minimum Gasteiger partial charge on any atom is -0.384 e. The third kappa shape index (κ3) is 3.06. The van der Waals surface area contributed by atoms with Crippen molar-refractivity contribution in [3.05, 3.63) is 57.4 Å². The molecule has 0 bridgehead atoms. The van der Waals surface area contributed by atoms with Crippen LogP contribution in [-0.2, 0) is 11.2 Å². The molecular formula is C20H20N4O4. The van der Waals surface area contributed by atoms with Gasteiger partial charge in [-0.15, -0.1) is 0 Å². The number of hydrogen-bond donors (Lipinski definition) is 2. The highest BCUT2D eigenvalue weighted by Crippen LogP contribution is 2.23. The molecule has 1 aromatic carbocycles. The second-order valence-electron chi connectivity index (χ2n) is 7.03. The zero-order valence-corrected chi connectivity index (χ0v) is 15.2. The molecule has 0 aliphatic carbocycles. The third-order valence-electron chi connectivity index (χ3n) is 5.23. The fraction of sp³-hybridized carbons (Fsp3) is 0.300. The van der Waals surface area contributed by atoms with Crippen molar-refractivity contribution >= 4 is 23.5 Å². The van der Waals surface area contributed by atoms with Crippen molar-refractivity contribution in [3.63, 3.8) is 0 Å². The van der Waals surface area contributed by atoms with E-state index in [1.165, 1.54) is 4.57 Å². The number of nitrogens with zero attached hydrogens (tertiary/aromatic N) is 2. The zero-order valence-electron chi connectivity index (χ0n) is 15.2. The van der Waals surface area contributed by atoms with Crippen molar-refractivity contribution in [2.24, 2.45) is 0 Å². The average molecular weight is 380 g/mol. The second-order valence-corrected chi connectivity index (χ2v) is 7.03. The van der Waals surface area contributed by atoms with Crippen LogP contribution < -0.4 is 16.6 Å². The van der Waals surface area contributed by atoms with E-state index in [1.54, 1.807) is 12.1 Å². The number of fused-ring (bicyclic) bond motifs is 1. The summed E-state index contributed by atoms with van der Waals surface area (Å²) in [5.74, 6) is -1.13. The SMILES string of the molecule is Nc1c2c(cc(=O)n1-c1ccc(CCC(=O)N3CCCC3)cc1)C(=O)NC2=O. The van der Waals surface area contributed by atoms with Crippen LogP contribution in [0.5, 0.6) is 0 Å². The van der Waals surface area contributed by atoms with Gasteiger partial charge in [-0.2, -0.15) is 0 Å². The number of likely N-dealkylation sites (tertiary alicyclic amines) is 1. The van der Waals surface area contributed by atoms with E-state index in [9.17, 15) is 19.2 Å². The quantitative estimate of drug-likeness (QED) is 0.764. The van der Waals surface area contributed by atoms with Gasteiger partial charge in [0.15, 0.2) is 0 Å². The van der Waals surface area contributed by atoms with E-state index < -0.39 is 17.4 Å². The van der Waals surface area contributed by atoms with Gasteiger partial charge in [-0.1, -0.05) is 12.1 Å². The molecule has 8 heteroatoms. The lowest BCUT2D eigenvalue weighted by Gasteiger charge is -2.15. The first-order valence-electron chi connectivity index (χ1n) is 9.24. The van der Waals surface area contributed by atoms with Crippen molar-refractivity contribution in [2.75, 3.05) is 18.8 Å². The second kappa shape index (κ2) is 6.95. The Morgan fingerprint density at radius 2 is 1.71 bits per heavy atom. The predicted octanol–water partition coefficient (Wildman–Crippen LogP) is 0.858. The van der Waals surface area contributed by atoms with Crippen molar-refractivity contribution in [1.82, 2.24) is 14.8 Å². The van der Waals surface area contributed by atoms with E-state index in [2.05, 4.69) is 5.32 Å². The Morgan fingerprint density at radius 3 is 2.39 bits per heavy atom. The van der Waals surface area contributed by atoms with Gasteiger partial charge in [-0.05, 0) is 37.0 Å². The molecule has 8 nitrogen and oxygen atoms in total. The highest BCUT2D eigenvalue weighted by atomic mass is 16.2. The van der Waals surface area contributed by atoms with Gasteiger partial charge in [0.2, 0.25) is 5.91 Å². The Kier molecular flexibility index (Phi) is 4.46. The molecule has 2 aliphatic heterocycles. The Hall–Kier alpha value is -3.42. The molecule has 0 spiro atoms. The number of aromatic nitrogens is 1. The first-order chi connectivity index (χ1) is 13.5. The molecule has 2 aliphatic rings. The van der Waals surface area contributed by atoms with E-state index >= 15 is 0 Å². The van der Waals surface area contributed by atoms with Crippen molar-refractivity contribution in [3.8, 4) is 5.69 Å². The summed E-state index contributed by atoms with van der Waals surface area (Å²) in [4.78, 5) is 50.2. The number of hydrogen-bond acceptors (Lipinski definition) is 5. The molecule has 0 atom stereocenters. The normalized spacial score (nSPS) is 15.6. The van der Waals surface area contributed by atoms with Gasteiger partial charge in [0.1, 0.15) is 5.82 Å². The Labute approximate surface area is 160 Å². The topological polar surface area (TPSA) is 114 Å². The fourth-order valence-corrected chi connectivity index (χ4v) is 3.73. The summed E-state index contributed by atoms with van der Waals surface area (Å²) in [7, 11) is 0. The van der Waals surface area contributed by atoms with Crippen molar-refractivity contribution in [2.45, 2.75) is 25.7 Å². The molecule has 28 heavy (non-hydrogen) atoms. The molecule has 3 N–H and O–H groups in total. The lowest BCUT2D eigenvalue weighted by molar-refractivity contribution is -0.130. The van der Waals surface area contributed by atoms with Crippen LogP contribution in [0.3, 0.4) is 0 Å². The summed E-state index contributed by atoms with van der Waals surface area (Å²) < 4.78 is 1.20. The monoisotopic (exact) mass is 380 g/mol. The molecule has 0 radical (unpaired) electrons. The van der Waals surface area contributed by atoms with E-state index in [1.807, 2.05) is 17.0 Å². The zero-order chi connectivity index (χ0) is 19.8. The molecule has 3 heterocycles. The van der Waals surface area contributed by atoms with Gasteiger partial charge in [-0.25, -0.2) is 0 Å². The number of imide groups is 1. The number of carbonyl (C=O) groups excluding carboxylic acids is 3. The van der Waals surface area contributed by atoms with Crippen LogP contribution in [0.2, 0.25) is 0 Å². The van der Waals surface area contributed by atoms with Crippen molar-refractivity contribution < 1.29 is 14.4 Å². The Balaban J connectivity index is 1.55. The van der Waals surface area contributed by atoms with Gasteiger partial charge in [0.25, 0.3) is 17.4 Å². The lowest BCUT2D eigenvalue weighted by Crippen LogP contribution is -2.27. The number of amides is 3. The molecule has 1 saturated heterocycles. The maximum Gasteiger partial charge on any atom is 0.262 e. The largest absolute Gasteiger partial charge is 0.384 e. The molecule has 144 valence electrons. The molecule has 0 saturated carbocycles. The molecule has 0 unspecified atom stereocenters. The average Bonchev–Trinajstić information content (AvgIpc) is 3.29. The minimum atomic E-state index is -0.617. The molecule has 1 aromatic heterocycles. The van der Waals surface area contributed by atoms with Crippen LogP contribution >= 0.6 is 0 Å². The van der Waals surface area contributed by atoms with Crippen LogP contribution in [0.25, 0.3) is 5.69 Å². The van der Waals surface area contributed by atoms with Crippen molar-refractivity contribution in [1.29, 1.82) is 0 Å². The first-order valence-corrected chi connectivity index (χ1v) is 9.24. The maximum atomic E-state index is 12.4. The Morgan fingerprint density at radius 1 is 1.04 bits per heavy atom. The van der Waals surface area contributed by atoms with E-state index in [0.29, 0.717) is 18.5 Å². The summed E-state index contributed by atoms with van der Waals surface area (Å²) in [5.41, 5.74) is 7.02. The summed E-state index contributed by atoms with van der Waals surface area (Å²) in [6, 6.07) is 8.21. The number of pyridine rings is 1. The van der Waals surface area contributed by atoms with E-state index in [-0.39, 0.29) is 22.9 Å². The van der Waals surface area contributed by atoms with Gasteiger partial charge in [-0.3, -0.25) is 29.1 Å². The van der Waals surface area contributed by atoms with Crippen LogP contribution in [0.4, 0.5) is 5.82 Å². The highest BCUT2D eigenvalue weighted by molar-refractivity contribution is 6.23. The molecule has 2 aromatic rings. The fourth-order valence-electron chi connectivity index (χ4n) is 3.73.